The van der Waals surface area contributed by atoms with Crippen molar-refractivity contribution in [2.45, 2.75) is 70.2 Å². The third-order valence-electron chi connectivity index (χ3n) is 6.42. The molecule has 2 aromatic heterocycles. The predicted molar refractivity (Wildman–Crippen MR) is 118 cm³/mol. The summed E-state index contributed by atoms with van der Waals surface area (Å²) in [5.41, 5.74) is 1.03. The van der Waals surface area contributed by atoms with Crippen molar-refractivity contribution in [1.82, 2.24) is 34.8 Å². The average Bonchev–Trinajstić information content (AvgIpc) is 3.13. The van der Waals surface area contributed by atoms with Crippen molar-refractivity contribution in [3.05, 3.63) is 30.1 Å². The lowest BCUT2D eigenvalue weighted by molar-refractivity contribution is -0.144. The molecule has 11 nitrogen and oxygen atoms in total. The Bertz CT molecular complexity index is 1010. The number of rotatable bonds is 7. The molecule has 3 heterocycles. The van der Waals surface area contributed by atoms with E-state index in [-0.39, 0.29) is 25.5 Å². The minimum Gasteiger partial charge on any atom is -0.394 e. The van der Waals surface area contributed by atoms with Crippen LogP contribution in [0.4, 0.5) is 0 Å². The molecule has 3 N–H and O–H groups in total. The molecular formula is C22H33N7O4. The van der Waals surface area contributed by atoms with E-state index in [0.29, 0.717) is 11.6 Å². The van der Waals surface area contributed by atoms with Crippen LogP contribution in [0.2, 0.25) is 0 Å². The fraction of sp³-hybridized carbons (Fsp3) is 0.682. The van der Waals surface area contributed by atoms with Crippen LogP contribution in [0.5, 0.6) is 0 Å². The smallest absolute Gasteiger partial charge is 0.248 e. The van der Waals surface area contributed by atoms with Gasteiger partial charge in [-0.25, -0.2) is 9.67 Å². The number of nitrogens with one attached hydrogen (secondary N) is 1. The number of aliphatic hydroxyl groups excluding tert-OH is 2. The molecule has 3 unspecified atom stereocenters. The Hall–Kier alpha value is -2.79. The van der Waals surface area contributed by atoms with Crippen LogP contribution >= 0.6 is 0 Å². The van der Waals surface area contributed by atoms with Gasteiger partial charge in [0.15, 0.2) is 0 Å². The fourth-order valence-corrected chi connectivity index (χ4v) is 4.51. The summed E-state index contributed by atoms with van der Waals surface area (Å²) in [6, 6.07) is -2.20. The highest BCUT2D eigenvalue weighted by atomic mass is 16.3. The van der Waals surface area contributed by atoms with Gasteiger partial charge in [0.2, 0.25) is 11.8 Å². The normalized spacial score (nSPS) is 22.9. The summed E-state index contributed by atoms with van der Waals surface area (Å²) in [4.78, 5) is 32.4. The molecule has 1 saturated heterocycles. The second-order valence-corrected chi connectivity index (χ2v) is 10.2. The Morgan fingerprint density at radius 2 is 2.03 bits per heavy atom. The highest BCUT2D eigenvalue weighted by molar-refractivity contribution is 5.90. The number of amides is 2. The Morgan fingerprint density at radius 1 is 1.30 bits per heavy atom. The van der Waals surface area contributed by atoms with Gasteiger partial charge in [0, 0.05) is 32.1 Å². The first kappa shape index (κ1) is 23.4. The number of imidazole rings is 1. The van der Waals surface area contributed by atoms with Crippen molar-refractivity contribution < 1.29 is 19.8 Å². The maximum absolute atomic E-state index is 13.8. The maximum Gasteiger partial charge on any atom is 0.248 e. The summed E-state index contributed by atoms with van der Waals surface area (Å²) in [6.07, 6.45) is 6.46. The third-order valence-corrected chi connectivity index (χ3v) is 6.42. The number of likely N-dealkylation sites (tertiary alicyclic amines) is 1. The molecule has 0 bridgehead atoms. The van der Waals surface area contributed by atoms with Crippen molar-refractivity contribution in [1.29, 1.82) is 0 Å². The van der Waals surface area contributed by atoms with Gasteiger partial charge in [-0.05, 0) is 18.3 Å². The molecule has 1 aliphatic carbocycles. The lowest BCUT2D eigenvalue weighted by Crippen LogP contribution is -2.51. The fourth-order valence-electron chi connectivity index (χ4n) is 4.51. The molecule has 0 spiro atoms. The number of β-amino-alcohol motifs (C(OH)–C–C–N with tert-alkyl or cyclic N) is 1. The molecule has 4 atom stereocenters. The summed E-state index contributed by atoms with van der Waals surface area (Å²) in [5.74, 6) is -0.304. The molecule has 2 aromatic rings. The highest BCUT2D eigenvalue weighted by Gasteiger charge is 2.45. The van der Waals surface area contributed by atoms with E-state index >= 15 is 0 Å². The molecule has 2 fully saturated rings. The Kier molecular flexibility index (Phi) is 6.28. The number of hydrogen-bond acceptors (Lipinski definition) is 7. The van der Waals surface area contributed by atoms with E-state index in [2.05, 4.69) is 20.6 Å². The second-order valence-electron chi connectivity index (χ2n) is 10.2. The molecule has 2 aliphatic rings. The molecule has 0 radical (unpaired) electrons. The van der Waals surface area contributed by atoms with Crippen LogP contribution < -0.4 is 5.32 Å². The Morgan fingerprint density at radius 3 is 2.61 bits per heavy atom. The van der Waals surface area contributed by atoms with E-state index in [1.54, 1.807) is 28.8 Å². The van der Waals surface area contributed by atoms with E-state index in [9.17, 15) is 19.8 Å². The van der Waals surface area contributed by atoms with E-state index in [0.717, 1.165) is 18.5 Å². The first-order valence-electron chi connectivity index (χ1n) is 11.4. The van der Waals surface area contributed by atoms with Crippen molar-refractivity contribution >= 4 is 11.8 Å². The van der Waals surface area contributed by atoms with Crippen LogP contribution in [0.15, 0.2) is 18.7 Å². The Balaban J connectivity index is 1.56. The van der Waals surface area contributed by atoms with Gasteiger partial charge < -0.3 is 25.0 Å². The minimum atomic E-state index is -0.856. The average molecular weight is 460 g/mol. The third kappa shape index (κ3) is 4.79. The van der Waals surface area contributed by atoms with Gasteiger partial charge >= 0.3 is 0 Å². The molecular weight excluding hydrogens is 426 g/mol. The van der Waals surface area contributed by atoms with Gasteiger partial charge in [-0.2, -0.15) is 0 Å². The molecule has 180 valence electrons. The van der Waals surface area contributed by atoms with Crippen molar-refractivity contribution in [2.24, 2.45) is 12.5 Å². The summed E-state index contributed by atoms with van der Waals surface area (Å²) in [7, 11) is 1.77. The van der Waals surface area contributed by atoms with Crippen LogP contribution in [0, 0.1) is 5.41 Å². The number of nitrogens with zero attached hydrogens (tertiary/aromatic N) is 6. The Labute approximate surface area is 192 Å². The lowest BCUT2D eigenvalue weighted by Gasteiger charge is -2.35. The van der Waals surface area contributed by atoms with Gasteiger partial charge in [0.05, 0.1) is 42.7 Å². The van der Waals surface area contributed by atoms with Crippen molar-refractivity contribution in [2.75, 3.05) is 13.2 Å². The van der Waals surface area contributed by atoms with E-state index in [1.165, 1.54) is 4.90 Å². The first-order valence-corrected chi connectivity index (χ1v) is 11.4. The number of carbonyl (C=O) groups excluding carboxylic acids is 2. The van der Waals surface area contributed by atoms with Gasteiger partial charge in [0.25, 0.3) is 0 Å². The number of aryl methyl sites for hydroxylation is 1. The van der Waals surface area contributed by atoms with E-state index in [4.69, 9.17) is 0 Å². The monoisotopic (exact) mass is 459 g/mol. The van der Waals surface area contributed by atoms with E-state index in [1.807, 2.05) is 27.0 Å². The zero-order chi connectivity index (χ0) is 23.9. The molecule has 1 aliphatic heterocycles. The predicted octanol–water partition coefficient (Wildman–Crippen LogP) is 0.288. The quantitative estimate of drug-likeness (QED) is 0.541. The largest absolute Gasteiger partial charge is 0.394 e. The molecule has 1 saturated carbocycles. The zero-order valence-electron chi connectivity index (χ0n) is 19.5. The van der Waals surface area contributed by atoms with Gasteiger partial charge in [-0.15, -0.1) is 5.10 Å². The first-order chi connectivity index (χ1) is 15.6. The topological polar surface area (TPSA) is 138 Å². The molecule has 33 heavy (non-hydrogen) atoms. The molecule has 11 heteroatoms. The van der Waals surface area contributed by atoms with Crippen LogP contribution in [-0.2, 0) is 16.6 Å². The number of aromatic nitrogens is 5. The van der Waals surface area contributed by atoms with Crippen LogP contribution in [0.1, 0.15) is 69.4 Å². The number of carbonyl (C=O) groups is 2. The number of hydrogen-bond donors (Lipinski definition) is 3. The summed E-state index contributed by atoms with van der Waals surface area (Å²) >= 11 is 0. The van der Waals surface area contributed by atoms with Crippen LogP contribution in [0.3, 0.4) is 0 Å². The molecule has 2 amide bonds. The highest BCUT2D eigenvalue weighted by Crippen LogP contribution is 2.40. The maximum atomic E-state index is 13.8. The standard InChI is InChI=1S/C22H33N7O4/c1-22(2,3)19(29-10-15(25-26-29)13-5-6-13)21(33)28-9-14(31)7-17(28)20(32)24-16(11-30)18-8-23-12-27(18)4/h8,10,12-14,16-17,19,30-31H,5-7,9,11H2,1-4H3,(H,24,32)/t14?,16?,17?,19-/m1/s1. The lowest BCUT2D eigenvalue weighted by atomic mass is 9.85. The zero-order valence-corrected chi connectivity index (χ0v) is 19.5. The summed E-state index contributed by atoms with van der Waals surface area (Å²) < 4.78 is 3.31. The number of aliphatic hydroxyl groups is 2. The van der Waals surface area contributed by atoms with Crippen LogP contribution in [-0.4, -0.2) is 76.8 Å². The summed E-state index contributed by atoms with van der Waals surface area (Å²) in [5, 5.41) is 31.5. The van der Waals surface area contributed by atoms with Crippen molar-refractivity contribution in [3.63, 3.8) is 0 Å². The molecule has 0 aromatic carbocycles. The van der Waals surface area contributed by atoms with Gasteiger partial charge in [-0.3, -0.25) is 9.59 Å². The van der Waals surface area contributed by atoms with Crippen LogP contribution in [0.25, 0.3) is 0 Å². The van der Waals surface area contributed by atoms with E-state index < -0.39 is 35.6 Å². The van der Waals surface area contributed by atoms with Crippen molar-refractivity contribution in [3.8, 4) is 0 Å². The van der Waals surface area contributed by atoms with Gasteiger partial charge in [-0.1, -0.05) is 26.0 Å². The summed E-state index contributed by atoms with van der Waals surface area (Å²) in [6.45, 7) is 5.57. The SMILES string of the molecule is Cn1cncc1C(CO)NC(=O)C1CC(O)CN1C(=O)[C@@H](n1cc(C2CC2)nn1)C(C)(C)C. The molecule has 4 rings (SSSR count). The second kappa shape index (κ2) is 8.86. The van der Waals surface area contributed by atoms with Gasteiger partial charge in [0.1, 0.15) is 12.1 Å². The minimum absolute atomic E-state index is 0.0587.